The summed E-state index contributed by atoms with van der Waals surface area (Å²) in [5.41, 5.74) is 3.23. The lowest BCUT2D eigenvalue weighted by molar-refractivity contribution is 0.690. The SMILES string of the molecule is CNC(c1ccnc(C)c1)c1ccc(Cl)c(Cl)c1. The van der Waals surface area contributed by atoms with Gasteiger partial charge in [-0.15, -0.1) is 0 Å². The number of benzene rings is 1. The van der Waals surface area contributed by atoms with Gasteiger partial charge in [-0.1, -0.05) is 29.3 Å². The molecule has 2 nitrogen and oxygen atoms in total. The summed E-state index contributed by atoms with van der Waals surface area (Å²) < 4.78 is 0. The van der Waals surface area contributed by atoms with E-state index < -0.39 is 0 Å². The lowest BCUT2D eigenvalue weighted by Crippen LogP contribution is -2.17. The van der Waals surface area contributed by atoms with Gasteiger partial charge in [0.05, 0.1) is 16.1 Å². The Balaban J connectivity index is 2.42. The van der Waals surface area contributed by atoms with E-state index in [2.05, 4.69) is 16.4 Å². The molecule has 2 rings (SSSR count). The highest BCUT2D eigenvalue weighted by atomic mass is 35.5. The Hall–Kier alpha value is -1.09. The van der Waals surface area contributed by atoms with Gasteiger partial charge in [-0.2, -0.15) is 0 Å². The normalized spacial score (nSPS) is 12.4. The van der Waals surface area contributed by atoms with Gasteiger partial charge in [0.25, 0.3) is 0 Å². The summed E-state index contributed by atoms with van der Waals surface area (Å²) in [5.74, 6) is 0. The fourth-order valence-corrected chi connectivity index (χ4v) is 2.27. The van der Waals surface area contributed by atoms with Crippen molar-refractivity contribution in [1.82, 2.24) is 10.3 Å². The number of nitrogens with one attached hydrogen (secondary N) is 1. The van der Waals surface area contributed by atoms with Crippen molar-refractivity contribution in [3.63, 3.8) is 0 Å². The van der Waals surface area contributed by atoms with Crippen LogP contribution in [0.5, 0.6) is 0 Å². The second-order valence-electron chi connectivity index (χ2n) is 4.13. The number of halogens is 2. The number of hydrogen-bond donors (Lipinski definition) is 1. The highest BCUT2D eigenvalue weighted by Crippen LogP contribution is 2.28. The third kappa shape index (κ3) is 2.83. The molecule has 18 heavy (non-hydrogen) atoms. The van der Waals surface area contributed by atoms with Crippen LogP contribution >= 0.6 is 23.2 Å². The van der Waals surface area contributed by atoms with Crippen molar-refractivity contribution in [2.45, 2.75) is 13.0 Å². The first kappa shape index (κ1) is 13.3. The molecule has 0 amide bonds. The van der Waals surface area contributed by atoms with Gasteiger partial charge in [-0.05, 0) is 49.4 Å². The maximum atomic E-state index is 6.06. The predicted octanol–water partition coefficient (Wildman–Crippen LogP) is 4.01. The number of pyridine rings is 1. The van der Waals surface area contributed by atoms with Crippen LogP contribution in [-0.4, -0.2) is 12.0 Å². The Kier molecular flexibility index (Phi) is 4.23. The van der Waals surface area contributed by atoms with E-state index in [0.717, 1.165) is 16.8 Å². The number of nitrogens with zero attached hydrogens (tertiary/aromatic N) is 1. The summed E-state index contributed by atoms with van der Waals surface area (Å²) in [5, 5.41) is 4.42. The van der Waals surface area contributed by atoms with Crippen molar-refractivity contribution in [2.24, 2.45) is 0 Å². The van der Waals surface area contributed by atoms with Crippen LogP contribution in [0.15, 0.2) is 36.5 Å². The van der Waals surface area contributed by atoms with E-state index in [0.29, 0.717) is 10.0 Å². The van der Waals surface area contributed by atoms with E-state index in [-0.39, 0.29) is 6.04 Å². The highest BCUT2D eigenvalue weighted by Gasteiger charge is 2.13. The zero-order valence-corrected chi connectivity index (χ0v) is 11.8. The van der Waals surface area contributed by atoms with Gasteiger partial charge in [0.15, 0.2) is 0 Å². The molecular weight excluding hydrogens is 267 g/mol. The van der Waals surface area contributed by atoms with Gasteiger partial charge >= 0.3 is 0 Å². The molecule has 4 heteroatoms. The fourth-order valence-electron chi connectivity index (χ4n) is 1.96. The molecule has 0 saturated carbocycles. The van der Waals surface area contributed by atoms with Gasteiger partial charge in [0.1, 0.15) is 0 Å². The number of rotatable bonds is 3. The van der Waals surface area contributed by atoms with Gasteiger partial charge in [0.2, 0.25) is 0 Å². The predicted molar refractivity (Wildman–Crippen MR) is 76.3 cm³/mol. The van der Waals surface area contributed by atoms with E-state index >= 15 is 0 Å². The van der Waals surface area contributed by atoms with Crippen molar-refractivity contribution in [2.75, 3.05) is 7.05 Å². The van der Waals surface area contributed by atoms with Crippen LogP contribution in [0.3, 0.4) is 0 Å². The summed E-state index contributed by atoms with van der Waals surface area (Å²) in [6.07, 6.45) is 1.81. The van der Waals surface area contributed by atoms with Crippen LogP contribution in [-0.2, 0) is 0 Å². The molecule has 1 aromatic heterocycles. The quantitative estimate of drug-likeness (QED) is 0.919. The van der Waals surface area contributed by atoms with Crippen LogP contribution in [0, 0.1) is 6.92 Å². The minimum atomic E-state index is 0.0847. The molecule has 1 aromatic carbocycles. The van der Waals surface area contributed by atoms with Gasteiger partial charge < -0.3 is 5.32 Å². The standard InChI is InChI=1S/C14H14Cl2N2/c1-9-7-11(5-6-18-9)14(17-2)10-3-4-12(15)13(16)8-10/h3-8,14,17H,1-2H3. The van der Waals surface area contributed by atoms with Crippen LogP contribution in [0.2, 0.25) is 10.0 Å². The molecule has 94 valence electrons. The molecule has 0 aliphatic heterocycles. The minimum absolute atomic E-state index is 0.0847. The largest absolute Gasteiger partial charge is 0.309 e. The van der Waals surface area contributed by atoms with Crippen molar-refractivity contribution in [3.05, 3.63) is 63.4 Å². The molecule has 1 unspecified atom stereocenters. The second-order valence-corrected chi connectivity index (χ2v) is 4.94. The van der Waals surface area contributed by atoms with Gasteiger partial charge in [-0.25, -0.2) is 0 Å². The molecule has 0 radical (unpaired) electrons. The Morgan fingerprint density at radius 3 is 2.39 bits per heavy atom. The molecule has 0 spiro atoms. The fraction of sp³-hybridized carbons (Fsp3) is 0.214. The molecule has 0 saturated heterocycles. The van der Waals surface area contributed by atoms with Crippen molar-refractivity contribution in [1.29, 1.82) is 0 Å². The lowest BCUT2D eigenvalue weighted by Gasteiger charge is -2.18. The maximum absolute atomic E-state index is 6.06. The number of aromatic nitrogens is 1. The molecule has 2 aromatic rings. The molecule has 1 heterocycles. The van der Waals surface area contributed by atoms with Crippen LogP contribution in [0.4, 0.5) is 0 Å². The van der Waals surface area contributed by atoms with Crippen molar-refractivity contribution in [3.8, 4) is 0 Å². The van der Waals surface area contributed by atoms with Crippen LogP contribution in [0.1, 0.15) is 22.9 Å². The molecule has 1 N–H and O–H groups in total. The van der Waals surface area contributed by atoms with Crippen LogP contribution < -0.4 is 5.32 Å². The molecule has 1 atom stereocenters. The van der Waals surface area contributed by atoms with E-state index in [1.807, 2.05) is 44.4 Å². The topological polar surface area (TPSA) is 24.9 Å². The van der Waals surface area contributed by atoms with E-state index in [1.165, 1.54) is 0 Å². The number of hydrogen-bond acceptors (Lipinski definition) is 2. The number of aryl methyl sites for hydroxylation is 1. The van der Waals surface area contributed by atoms with Gasteiger partial charge in [0, 0.05) is 11.9 Å². The highest BCUT2D eigenvalue weighted by molar-refractivity contribution is 6.42. The summed E-state index contributed by atoms with van der Waals surface area (Å²) in [6.45, 7) is 1.98. The van der Waals surface area contributed by atoms with E-state index in [9.17, 15) is 0 Å². The first-order valence-electron chi connectivity index (χ1n) is 5.66. The van der Waals surface area contributed by atoms with Crippen LogP contribution in [0.25, 0.3) is 0 Å². The Labute approximate surface area is 117 Å². The third-order valence-corrected chi connectivity index (χ3v) is 3.56. The lowest BCUT2D eigenvalue weighted by atomic mass is 9.99. The maximum Gasteiger partial charge on any atom is 0.0595 e. The summed E-state index contributed by atoms with van der Waals surface area (Å²) in [6, 6.07) is 9.82. The summed E-state index contributed by atoms with van der Waals surface area (Å²) in [7, 11) is 1.92. The summed E-state index contributed by atoms with van der Waals surface area (Å²) >= 11 is 12.0. The first-order valence-corrected chi connectivity index (χ1v) is 6.42. The zero-order chi connectivity index (χ0) is 13.1. The Morgan fingerprint density at radius 2 is 1.78 bits per heavy atom. The molecule has 0 aliphatic rings. The van der Waals surface area contributed by atoms with E-state index in [1.54, 1.807) is 0 Å². The monoisotopic (exact) mass is 280 g/mol. The molecule has 0 fully saturated rings. The Morgan fingerprint density at radius 1 is 1.06 bits per heavy atom. The zero-order valence-electron chi connectivity index (χ0n) is 10.2. The summed E-state index contributed by atoms with van der Waals surface area (Å²) in [4.78, 5) is 4.21. The second kappa shape index (κ2) is 5.70. The average Bonchev–Trinajstić information content (AvgIpc) is 2.35. The molecular formula is C14H14Cl2N2. The van der Waals surface area contributed by atoms with E-state index in [4.69, 9.17) is 23.2 Å². The Bertz CT molecular complexity index is 555. The molecule has 0 bridgehead atoms. The van der Waals surface area contributed by atoms with Crippen molar-refractivity contribution >= 4 is 23.2 Å². The minimum Gasteiger partial charge on any atom is -0.309 e. The van der Waals surface area contributed by atoms with Crippen molar-refractivity contribution < 1.29 is 0 Å². The smallest absolute Gasteiger partial charge is 0.0595 e. The third-order valence-electron chi connectivity index (χ3n) is 2.82. The molecule has 0 aliphatic carbocycles. The van der Waals surface area contributed by atoms with Gasteiger partial charge in [-0.3, -0.25) is 4.98 Å². The average molecular weight is 281 g/mol. The first-order chi connectivity index (χ1) is 8.61.